The Morgan fingerprint density at radius 2 is 1.22 bits per heavy atom. The van der Waals surface area contributed by atoms with Gasteiger partial charge >= 0.3 is 11.9 Å². The number of rotatable bonds is 21. The van der Waals surface area contributed by atoms with E-state index in [-0.39, 0.29) is 26.4 Å². The first-order valence-corrected chi connectivity index (χ1v) is 20.7. The third-order valence-electron chi connectivity index (χ3n) is 12.1. The van der Waals surface area contributed by atoms with Crippen LogP contribution in [0.25, 0.3) is 11.1 Å². The second kappa shape index (κ2) is 21.6. The number of benzene rings is 2. The Bertz CT molecular complexity index is 1450. The van der Waals surface area contributed by atoms with Crippen LogP contribution in [0, 0.1) is 23.2 Å². The van der Waals surface area contributed by atoms with Crippen molar-refractivity contribution in [2.24, 2.45) is 23.2 Å². The topological polar surface area (TPSA) is 102 Å². The molecule has 0 atom stereocenters. The van der Waals surface area contributed by atoms with E-state index in [0.29, 0.717) is 62.2 Å². The van der Waals surface area contributed by atoms with Crippen molar-refractivity contribution in [1.82, 2.24) is 0 Å². The number of aliphatic hydroxyl groups excluding tert-OH is 2. The van der Waals surface area contributed by atoms with Crippen molar-refractivity contribution in [3.8, 4) is 16.9 Å². The fourth-order valence-electron chi connectivity index (χ4n) is 8.60. The van der Waals surface area contributed by atoms with Crippen molar-refractivity contribution in [2.75, 3.05) is 33.0 Å². The van der Waals surface area contributed by atoms with Crippen LogP contribution in [-0.2, 0) is 31.9 Å². The molecule has 2 saturated carbocycles. The number of esters is 2. The average Bonchev–Trinajstić information content (AvgIpc) is 3.18. The number of carbonyl (C=O) groups excluding carboxylic acids is 2. The normalized spacial score (nSPS) is 20.3. The highest BCUT2D eigenvalue weighted by atomic mass is 16.5. The maximum atomic E-state index is 12.1. The van der Waals surface area contributed by atoms with E-state index >= 15 is 0 Å². The molecule has 0 radical (unpaired) electrons. The fraction of sp³-hybridized carbons (Fsp3) is 0.617. The lowest BCUT2D eigenvalue weighted by molar-refractivity contribution is -0.139. The molecule has 0 saturated heterocycles. The van der Waals surface area contributed by atoms with Crippen molar-refractivity contribution < 1.29 is 34.0 Å². The van der Waals surface area contributed by atoms with Crippen molar-refractivity contribution in [3.05, 3.63) is 77.4 Å². The standard InChI is InChI=1S/C47H68O7/c1-7-24-47(31-48,32-49)25-28-52-44-41(10-8-26-53-45(50)33(2)3)29-43(30-42(44)11-9-27-54-46(51)34(4)5)40-22-20-39(21-23-40)38-18-16-37(17-19-38)36-14-12-35(6)13-15-36/h20-23,29-30,35-38,48-49H,2,4,7-19,24-28,31-32H2,1,3,5-6H3. The van der Waals surface area contributed by atoms with Crippen molar-refractivity contribution in [1.29, 1.82) is 0 Å². The van der Waals surface area contributed by atoms with Gasteiger partial charge in [-0.3, -0.25) is 0 Å². The SMILES string of the molecule is C=C(C)C(=O)OCCCc1cc(-c2ccc(C3CCC(C4CCC(C)CC4)CC3)cc2)cc(CCCOC(=O)C(=C)C)c1OCCC(CO)(CO)CCC. The third-order valence-corrected chi connectivity index (χ3v) is 12.1. The van der Waals surface area contributed by atoms with Crippen molar-refractivity contribution in [3.63, 3.8) is 0 Å². The summed E-state index contributed by atoms with van der Waals surface area (Å²) in [6.45, 7) is 15.7. The van der Waals surface area contributed by atoms with Gasteiger partial charge < -0.3 is 24.4 Å². The summed E-state index contributed by atoms with van der Waals surface area (Å²) in [6, 6.07) is 13.5. The molecule has 2 N–H and O–H groups in total. The molecule has 54 heavy (non-hydrogen) atoms. The summed E-state index contributed by atoms with van der Waals surface area (Å²) in [6.07, 6.45) is 15.4. The van der Waals surface area contributed by atoms with Crippen LogP contribution in [0.4, 0.5) is 0 Å². The molecule has 0 spiro atoms. The number of hydrogen-bond donors (Lipinski definition) is 2. The Morgan fingerprint density at radius 3 is 1.69 bits per heavy atom. The number of ether oxygens (including phenoxy) is 3. The maximum absolute atomic E-state index is 12.1. The third kappa shape index (κ3) is 12.6. The van der Waals surface area contributed by atoms with Crippen LogP contribution < -0.4 is 4.74 Å². The first kappa shape index (κ1) is 43.3. The summed E-state index contributed by atoms with van der Waals surface area (Å²) >= 11 is 0. The molecule has 0 unspecified atom stereocenters. The lowest BCUT2D eigenvalue weighted by Crippen LogP contribution is -2.31. The fourth-order valence-corrected chi connectivity index (χ4v) is 8.60. The van der Waals surface area contributed by atoms with Gasteiger partial charge in [0, 0.05) is 16.6 Å². The highest BCUT2D eigenvalue weighted by molar-refractivity contribution is 5.87. The van der Waals surface area contributed by atoms with E-state index in [2.05, 4.69) is 56.5 Å². The molecule has 4 rings (SSSR count). The van der Waals surface area contributed by atoms with Crippen LogP contribution in [-0.4, -0.2) is 55.2 Å². The van der Waals surface area contributed by atoms with Gasteiger partial charge in [0.05, 0.1) is 33.0 Å². The summed E-state index contributed by atoms with van der Waals surface area (Å²) in [5.41, 5.74) is 5.77. The summed E-state index contributed by atoms with van der Waals surface area (Å²) in [5.74, 6) is 3.30. The molecule has 2 aliphatic rings. The molecule has 0 bridgehead atoms. The predicted octanol–water partition coefficient (Wildman–Crippen LogP) is 10.1. The van der Waals surface area contributed by atoms with E-state index in [0.717, 1.165) is 52.2 Å². The van der Waals surface area contributed by atoms with Crippen molar-refractivity contribution in [2.45, 2.75) is 130 Å². The van der Waals surface area contributed by atoms with Crippen LogP contribution in [0.5, 0.6) is 5.75 Å². The van der Waals surface area contributed by atoms with Crippen molar-refractivity contribution >= 4 is 11.9 Å². The molecule has 7 heteroatoms. The Hall–Kier alpha value is -3.42. The minimum absolute atomic E-state index is 0.112. The molecule has 7 nitrogen and oxygen atoms in total. The van der Waals surface area contributed by atoms with E-state index in [1.807, 2.05) is 6.92 Å². The predicted molar refractivity (Wildman–Crippen MR) is 218 cm³/mol. The molecule has 0 aliphatic heterocycles. The first-order chi connectivity index (χ1) is 26.0. The van der Waals surface area contributed by atoms with Gasteiger partial charge in [0.2, 0.25) is 0 Å². The van der Waals surface area contributed by atoms with E-state index in [9.17, 15) is 19.8 Å². The highest BCUT2D eigenvalue weighted by Crippen LogP contribution is 2.44. The van der Waals surface area contributed by atoms with Gasteiger partial charge in [0.1, 0.15) is 5.75 Å². The molecule has 2 aromatic rings. The molecule has 298 valence electrons. The number of hydrogen-bond acceptors (Lipinski definition) is 7. The summed E-state index contributed by atoms with van der Waals surface area (Å²) in [5, 5.41) is 20.4. The molecular formula is C47H68O7. The number of aryl methyl sites for hydroxylation is 2. The Kier molecular flexibility index (Phi) is 17.3. The van der Waals surface area contributed by atoms with Gasteiger partial charge in [0.15, 0.2) is 0 Å². The smallest absolute Gasteiger partial charge is 0.333 e. The monoisotopic (exact) mass is 744 g/mol. The first-order valence-electron chi connectivity index (χ1n) is 20.7. The zero-order chi connectivity index (χ0) is 39.1. The maximum Gasteiger partial charge on any atom is 0.333 e. The van der Waals surface area contributed by atoms with Gasteiger partial charge in [-0.1, -0.05) is 70.5 Å². The summed E-state index contributed by atoms with van der Waals surface area (Å²) in [7, 11) is 0. The lowest BCUT2D eigenvalue weighted by Gasteiger charge is -2.37. The lowest BCUT2D eigenvalue weighted by atomic mass is 9.68. The van der Waals surface area contributed by atoms with E-state index in [4.69, 9.17) is 14.2 Å². The Morgan fingerprint density at radius 1 is 0.722 bits per heavy atom. The zero-order valence-corrected chi connectivity index (χ0v) is 33.8. The Labute approximate surface area is 325 Å². The van der Waals surface area contributed by atoms with E-state index in [1.54, 1.807) is 13.8 Å². The number of aliphatic hydroxyl groups is 2. The van der Waals surface area contributed by atoms with Gasteiger partial charge in [-0.15, -0.1) is 0 Å². The Balaban J connectivity index is 1.57. The molecule has 0 amide bonds. The van der Waals surface area contributed by atoms with Crippen LogP contribution in [0.1, 0.15) is 134 Å². The second-order valence-electron chi connectivity index (χ2n) is 16.6. The molecule has 0 aromatic heterocycles. The van der Waals surface area contributed by atoms with E-state index in [1.165, 1.54) is 56.9 Å². The second-order valence-corrected chi connectivity index (χ2v) is 16.6. The van der Waals surface area contributed by atoms with Gasteiger partial charge in [-0.2, -0.15) is 0 Å². The van der Waals surface area contributed by atoms with Gasteiger partial charge in [-0.05, 0) is 155 Å². The average molecular weight is 745 g/mol. The molecule has 2 fully saturated rings. The molecule has 2 aromatic carbocycles. The molecular weight excluding hydrogens is 677 g/mol. The van der Waals surface area contributed by atoms with Gasteiger partial charge in [0.25, 0.3) is 0 Å². The van der Waals surface area contributed by atoms with Crippen LogP contribution in [0.3, 0.4) is 0 Å². The minimum Gasteiger partial charge on any atom is -0.493 e. The van der Waals surface area contributed by atoms with Crippen LogP contribution >= 0.6 is 0 Å². The summed E-state index contributed by atoms with van der Waals surface area (Å²) in [4.78, 5) is 24.2. The largest absolute Gasteiger partial charge is 0.493 e. The zero-order valence-electron chi connectivity index (χ0n) is 33.8. The molecule has 2 aliphatic carbocycles. The molecule has 0 heterocycles. The van der Waals surface area contributed by atoms with Crippen LogP contribution in [0.2, 0.25) is 0 Å². The number of carbonyl (C=O) groups is 2. The van der Waals surface area contributed by atoms with Crippen LogP contribution in [0.15, 0.2) is 60.7 Å². The minimum atomic E-state index is -0.613. The summed E-state index contributed by atoms with van der Waals surface area (Å²) < 4.78 is 17.5. The van der Waals surface area contributed by atoms with Gasteiger partial charge in [-0.25, -0.2) is 9.59 Å². The van der Waals surface area contributed by atoms with E-state index < -0.39 is 17.4 Å². The highest BCUT2D eigenvalue weighted by Gasteiger charge is 2.31. The quantitative estimate of drug-likeness (QED) is 0.0745.